The van der Waals surface area contributed by atoms with Crippen LogP contribution in [0.3, 0.4) is 0 Å². The van der Waals surface area contributed by atoms with Crippen LogP contribution >= 0.6 is 11.3 Å². The second-order valence-electron chi connectivity index (χ2n) is 9.85. The number of ketones is 1. The molecule has 2 aliphatic rings. The van der Waals surface area contributed by atoms with Gasteiger partial charge in [-0.1, -0.05) is 56.9 Å². The molecular formula is C29H42N4O3S. The van der Waals surface area contributed by atoms with E-state index in [2.05, 4.69) is 15.6 Å². The Hall–Kier alpha value is -2.58. The molecule has 2 fully saturated rings. The Bertz CT molecular complexity index is 1060. The molecule has 0 bridgehead atoms. The molecule has 4 rings (SSSR count). The standard InChI is InChI=1S/C27H36N4O3S.C2H6/c1-17-9-7-12-20(15-17)24(32)21-16-35-26(29-21)22-13-8-14-31(22)27(34)23(19-10-5-4-6-11-19)30-25(33)18(2)28-3;1-2/h7,9,12,15-16,18-19,22-23,28H,4-6,8,10-11,13-14H2,1-3H3,(H,30,33);1-2H3. The van der Waals surface area contributed by atoms with E-state index in [4.69, 9.17) is 0 Å². The molecule has 1 aromatic carbocycles. The van der Waals surface area contributed by atoms with E-state index in [1.807, 2.05) is 49.9 Å². The lowest BCUT2D eigenvalue weighted by Crippen LogP contribution is -2.55. The van der Waals surface area contributed by atoms with E-state index in [-0.39, 0.29) is 35.6 Å². The number of hydrogen-bond donors (Lipinski definition) is 2. The first-order valence-electron chi connectivity index (χ1n) is 13.7. The van der Waals surface area contributed by atoms with Crippen molar-refractivity contribution in [1.29, 1.82) is 0 Å². The Balaban J connectivity index is 0.00000186. The molecule has 37 heavy (non-hydrogen) atoms. The van der Waals surface area contributed by atoms with Crippen LogP contribution in [-0.2, 0) is 9.59 Å². The fraction of sp³-hybridized carbons (Fsp3) is 0.586. The van der Waals surface area contributed by atoms with Crippen molar-refractivity contribution in [1.82, 2.24) is 20.5 Å². The van der Waals surface area contributed by atoms with Crippen LogP contribution < -0.4 is 10.6 Å². The summed E-state index contributed by atoms with van der Waals surface area (Å²) in [4.78, 5) is 46.2. The average Bonchev–Trinajstić information content (AvgIpc) is 3.62. The molecule has 3 atom stereocenters. The number of aromatic nitrogens is 1. The van der Waals surface area contributed by atoms with Gasteiger partial charge in [0.05, 0.1) is 12.1 Å². The molecule has 1 aliphatic carbocycles. The number of likely N-dealkylation sites (N-methyl/N-ethyl adjacent to an activating group) is 1. The quantitative estimate of drug-likeness (QED) is 0.470. The van der Waals surface area contributed by atoms with Gasteiger partial charge < -0.3 is 15.5 Å². The van der Waals surface area contributed by atoms with Crippen LogP contribution in [0.15, 0.2) is 29.6 Å². The van der Waals surface area contributed by atoms with E-state index in [0.717, 1.165) is 49.1 Å². The van der Waals surface area contributed by atoms with Crippen molar-refractivity contribution in [2.75, 3.05) is 13.6 Å². The zero-order valence-corrected chi connectivity index (χ0v) is 23.7. The van der Waals surface area contributed by atoms with Crippen LogP contribution in [0.5, 0.6) is 0 Å². The molecule has 0 radical (unpaired) electrons. The van der Waals surface area contributed by atoms with E-state index in [0.29, 0.717) is 17.8 Å². The second kappa shape index (κ2) is 13.8. The first-order valence-corrected chi connectivity index (χ1v) is 14.6. The van der Waals surface area contributed by atoms with E-state index in [1.165, 1.54) is 17.8 Å². The average molecular weight is 527 g/mol. The third kappa shape index (κ3) is 7.05. The normalized spacial score (nSPS) is 19.5. The van der Waals surface area contributed by atoms with E-state index in [9.17, 15) is 14.4 Å². The van der Waals surface area contributed by atoms with Crippen molar-refractivity contribution in [2.45, 2.75) is 90.8 Å². The zero-order chi connectivity index (χ0) is 26.9. The summed E-state index contributed by atoms with van der Waals surface area (Å²) < 4.78 is 0. The van der Waals surface area contributed by atoms with Gasteiger partial charge in [0.1, 0.15) is 16.7 Å². The lowest BCUT2D eigenvalue weighted by atomic mass is 9.83. The van der Waals surface area contributed by atoms with Crippen molar-refractivity contribution in [3.05, 3.63) is 51.5 Å². The van der Waals surface area contributed by atoms with Crippen molar-refractivity contribution >= 4 is 28.9 Å². The summed E-state index contributed by atoms with van der Waals surface area (Å²) in [6.07, 6.45) is 6.97. The minimum Gasteiger partial charge on any atom is -0.343 e. The highest BCUT2D eigenvalue weighted by atomic mass is 32.1. The topological polar surface area (TPSA) is 91.4 Å². The minimum absolute atomic E-state index is 0.0159. The predicted octanol–water partition coefficient (Wildman–Crippen LogP) is 5.05. The molecule has 2 N–H and O–H groups in total. The number of hydrogen-bond acceptors (Lipinski definition) is 6. The first-order chi connectivity index (χ1) is 17.9. The van der Waals surface area contributed by atoms with Crippen LogP contribution in [0.25, 0.3) is 0 Å². The van der Waals surface area contributed by atoms with Gasteiger partial charge in [-0.25, -0.2) is 4.98 Å². The molecule has 8 heteroatoms. The maximum Gasteiger partial charge on any atom is 0.246 e. The molecule has 2 aromatic rings. The van der Waals surface area contributed by atoms with Gasteiger partial charge in [-0.2, -0.15) is 0 Å². The Morgan fingerprint density at radius 2 is 1.81 bits per heavy atom. The van der Waals surface area contributed by atoms with Gasteiger partial charge in [-0.05, 0) is 58.6 Å². The summed E-state index contributed by atoms with van der Waals surface area (Å²) in [5.41, 5.74) is 2.08. The number of carbonyl (C=O) groups excluding carboxylic acids is 3. The molecule has 3 unspecified atom stereocenters. The van der Waals surface area contributed by atoms with Crippen molar-refractivity contribution in [3.63, 3.8) is 0 Å². The number of benzene rings is 1. The lowest BCUT2D eigenvalue weighted by Gasteiger charge is -2.35. The number of aryl methyl sites for hydroxylation is 1. The van der Waals surface area contributed by atoms with Crippen LogP contribution in [0.1, 0.15) is 98.4 Å². The molecule has 1 aliphatic heterocycles. The molecule has 1 saturated carbocycles. The van der Waals surface area contributed by atoms with Gasteiger partial charge in [0.15, 0.2) is 0 Å². The number of likely N-dealkylation sites (tertiary alicyclic amines) is 1. The Morgan fingerprint density at radius 1 is 1.08 bits per heavy atom. The SMILES string of the molecule is CC.CNC(C)C(=O)NC(C(=O)N1CCCC1c1nc(C(=O)c2cccc(C)c2)cs1)C1CCCCC1. The second-order valence-corrected chi connectivity index (χ2v) is 10.7. The summed E-state index contributed by atoms with van der Waals surface area (Å²) >= 11 is 1.44. The Morgan fingerprint density at radius 3 is 2.49 bits per heavy atom. The van der Waals surface area contributed by atoms with Crippen LogP contribution in [0.4, 0.5) is 0 Å². The van der Waals surface area contributed by atoms with Gasteiger partial charge in [0.25, 0.3) is 0 Å². The molecule has 202 valence electrons. The van der Waals surface area contributed by atoms with Crippen molar-refractivity contribution in [2.24, 2.45) is 5.92 Å². The molecule has 0 spiro atoms. The number of rotatable bonds is 8. The van der Waals surface area contributed by atoms with Gasteiger partial charge in [-0.3, -0.25) is 14.4 Å². The summed E-state index contributed by atoms with van der Waals surface area (Å²) in [7, 11) is 1.75. The van der Waals surface area contributed by atoms with E-state index in [1.54, 1.807) is 19.4 Å². The van der Waals surface area contributed by atoms with E-state index >= 15 is 0 Å². The molecule has 7 nitrogen and oxygen atoms in total. The molecular weight excluding hydrogens is 484 g/mol. The van der Waals surface area contributed by atoms with Crippen molar-refractivity contribution in [3.8, 4) is 0 Å². The summed E-state index contributed by atoms with van der Waals surface area (Å²) in [5.74, 6) is -0.106. The van der Waals surface area contributed by atoms with Crippen molar-refractivity contribution < 1.29 is 14.4 Å². The fourth-order valence-electron chi connectivity index (χ4n) is 5.20. The number of thiazole rings is 1. The molecule has 2 heterocycles. The third-order valence-electron chi connectivity index (χ3n) is 7.37. The fourth-order valence-corrected chi connectivity index (χ4v) is 6.15. The Kier molecular flexibility index (Phi) is 10.8. The van der Waals surface area contributed by atoms with Crippen LogP contribution in [-0.4, -0.2) is 53.2 Å². The molecule has 2 amide bonds. The number of carbonyl (C=O) groups is 3. The summed E-state index contributed by atoms with van der Waals surface area (Å²) in [5, 5.41) is 8.64. The highest BCUT2D eigenvalue weighted by Gasteiger charge is 2.40. The maximum atomic E-state index is 13.9. The monoisotopic (exact) mass is 526 g/mol. The number of nitrogens with one attached hydrogen (secondary N) is 2. The predicted molar refractivity (Wildman–Crippen MR) is 149 cm³/mol. The van der Waals surface area contributed by atoms with Gasteiger partial charge in [0, 0.05) is 17.5 Å². The highest BCUT2D eigenvalue weighted by molar-refractivity contribution is 7.10. The van der Waals surface area contributed by atoms with Gasteiger partial charge in [-0.15, -0.1) is 11.3 Å². The minimum atomic E-state index is -0.521. The van der Waals surface area contributed by atoms with Gasteiger partial charge >= 0.3 is 0 Å². The number of amides is 2. The largest absolute Gasteiger partial charge is 0.343 e. The van der Waals surface area contributed by atoms with E-state index < -0.39 is 6.04 Å². The maximum absolute atomic E-state index is 13.9. The Labute approximate surface area is 225 Å². The summed E-state index contributed by atoms with van der Waals surface area (Å²) in [6.45, 7) is 8.41. The lowest BCUT2D eigenvalue weighted by molar-refractivity contribution is -0.139. The highest BCUT2D eigenvalue weighted by Crippen LogP contribution is 2.36. The molecule has 1 aromatic heterocycles. The van der Waals surface area contributed by atoms with Crippen LogP contribution in [0, 0.1) is 12.8 Å². The molecule has 1 saturated heterocycles. The van der Waals surface area contributed by atoms with Gasteiger partial charge in [0.2, 0.25) is 17.6 Å². The smallest absolute Gasteiger partial charge is 0.246 e. The number of nitrogens with zero attached hydrogens (tertiary/aromatic N) is 2. The summed E-state index contributed by atoms with van der Waals surface area (Å²) in [6, 6.07) is 6.48. The first kappa shape index (κ1) is 29.0. The van der Waals surface area contributed by atoms with Crippen LogP contribution in [0.2, 0.25) is 0 Å². The third-order valence-corrected chi connectivity index (χ3v) is 8.31. The zero-order valence-electron chi connectivity index (χ0n) is 22.9.